The first-order valence-corrected chi connectivity index (χ1v) is 11.8. The molecule has 8 heteroatoms. The van der Waals surface area contributed by atoms with Gasteiger partial charge in [0.15, 0.2) is 0 Å². The SMILES string of the molecule is Cc1cccc(C(C)C)c1NC(=O)c1cc(S(=O)(=O)N2CCN(C)CC2)ccc1Cl. The van der Waals surface area contributed by atoms with Crippen molar-refractivity contribution in [2.45, 2.75) is 31.6 Å². The Labute approximate surface area is 183 Å². The number of likely N-dealkylation sites (N-methyl/N-ethyl adjacent to an activating group) is 1. The molecule has 1 aliphatic rings. The second kappa shape index (κ2) is 9.06. The number of nitrogens with zero attached hydrogens (tertiary/aromatic N) is 2. The third-order valence-electron chi connectivity index (χ3n) is 5.45. The number of halogens is 1. The van der Waals surface area contributed by atoms with Gasteiger partial charge in [-0.25, -0.2) is 8.42 Å². The number of hydrogen-bond acceptors (Lipinski definition) is 4. The molecule has 1 aliphatic heterocycles. The van der Waals surface area contributed by atoms with Crippen LogP contribution in [0.3, 0.4) is 0 Å². The van der Waals surface area contributed by atoms with Crippen LogP contribution in [0.25, 0.3) is 0 Å². The Morgan fingerprint density at radius 1 is 1.10 bits per heavy atom. The molecule has 2 aromatic rings. The van der Waals surface area contributed by atoms with Crippen LogP contribution in [0.1, 0.15) is 41.3 Å². The molecule has 0 aliphatic carbocycles. The summed E-state index contributed by atoms with van der Waals surface area (Å²) < 4.78 is 27.6. The zero-order valence-electron chi connectivity index (χ0n) is 17.8. The Morgan fingerprint density at radius 3 is 2.40 bits per heavy atom. The fourth-order valence-corrected chi connectivity index (χ4v) is 5.19. The molecule has 0 aromatic heterocycles. The Kier molecular flexibility index (Phi) is 6.87. The molecule has 0 spiro atoms. The van der Waals surface area contributed by atoms with E-state index in [0.29, 0.717) is 26.2 Å². The maximum absolute atomic E-state index is 13.1. The van der Waals surface area contributed by atoms with Crippen LogP contribution < -0.4 is 5.32 Å². The van der Waals surface area contributed by atoms with Crippen molar-refractivity contribution in [1.82, 2.24) is 9.21 Å². The summed E-state index contributed by atoms with van der Waals surface area (Å²) in [4.78, 5) is 15.2. The topological polar surface area (TPSA) is 69.7 Å². The predicted molar refractivity (Wildman–Crippen MR) is 121 cm³/mol. The minimum absolute atomic E-state index is 0.0791. The fourth-order valence-electron chi connectivity index (χ4n) is 3.54. The number of amides is 1. The highest BCUT2D eigenvalue weighted by atomic mass is 35.5. The summed E-state index contributed by atoms with van der Waals surface area (Å²) in [5.74, 6) is -0.203. The first-order valence-electron chi connectivity index (χ1n) is 10.0. The standard InChI is InChI=1S/C22H28ClN3O3S/c1-15(2)18-7-5-6-16(3)21(18)24-22(27)19-14-17(8-9-20(19)23)30(28,29)26-12-10-25(4)11-13-26/h5-9,14-15H,10-13H2,1-4H3,(H,24,27). The molecule has 0 radical (unpaired) electrons. The summed E-state index contributed by atoms with van der Waals surface area (Å²) in [6.07, 6.45) is 0. The van der Waals surface area contributed by atoms with Crippen molar-refractivity contribution in [3.05, 3.63) is 58.1 Å². The molecule has 1 heterocycles. The van der Waals surface area contributed by atoms with Gasteiger partial charge < -0.3 is 10.2 Å². The van der Waals surface area contributed by atoms with Crippen LogP contribution in [-0.2, 0) is 10.0 Å². The van der Waals surface area contributed by atoms with Gasteiger partial charge in [0.25, 0.3) is 5.91 Å². The van der Waals surface area contributed by atoms with Crippen LogP contribution in [0, 0.1) is 6.92 Å². The maximum Gasteiger partial charge on any atom is 0.257 e. The summed E-state index contributed by atoms with van der Waals surface area (Å²) in [6.45, 7) is 8.23. The van der Waals surface area contributed by atoms with Gasteiger partial charge >= 0.3 is 0 Å². The molecule has 3 rings (SSSR count). The van der Waals surface area contributed by atoms with Crippen LogP contribution >= 0.6 is 11.6 Å². The lowest BCUT2D eigenvalue weighted by molar-refractivity contribution is 0.102. The normalized spacial score (nSPS) is 16.1. The number of rotatable bonds is 5. The van der Waals surface area contributed by atoms with E-state index in [1.807, 2.05) is 32.2 Å². The highest BCUT2D eigenvalue weighted by Gasteiger charge is 2.28. The minimum atomic E-state index is -3.69. The van der Waals surface area contributed by atoms with Gasteiger partial charge in [0.2, 0.25) is 10.0 Å². The van der Waals surface area contributed by atoms with E-state index in [2.05, 4.69) is 24.1 Å². The van der Waals surface area contributed by atoms with Gasteiger partial charge in [-0.05, 0) is 49.2 Å². The number of anilines is 1. The highest BCUT2D eigenvalue weighted by Crippen LogP contribution is 2.29. The van der Waals surface area contributed by atoms with E-state index in [9.17, 15) is 13.2 Å². The van der Waals surface area contributed by atoms with Crippen LogP contribution in [0.15, 0.2) is 41.3 Å². The molecular formula is C22H28ClN3O3S. The highest BCUT2D eigenvalue weighted by molar-refractivity contribution is 7.89. The molecule has 0 bridgehead atoms. The van der Waals surface area contributed by atoms with E-state index in [1.165, 1.54) is 22.5 Å². The number of aryl methyl sites for hydroxylation is 1. The number of piperazine rings is 1. The van der Waals surface area contributed by atoms with Crippen molar-refractivity contribution in [2.75, 3.05) is 38.5 Å². The number of nitrogens with one attached hydrogen (secondary N) is 1. The summed E-state index contributed by atoms with van der Waals surface area (Å²) >= 11 is 6.28. The lowest BCUT2D eigenvalue weighted by Crippen LogP contribution is -2.47. The van der Waals surface area contributed by atoms with E-state index in [0.717, 1.165) is 16.8 Å². The number of hydrogen-bond donors (Lipinski definition) is 1. The summed E-state index contributed by atoms with van der Waals surface area (Å²) in [7, 11) is -1.73. The largest absolute Gasteiger partial charge is 0.321 e. The second-order valence-corrected chi connectivity index (χ2v) is 10.3. The number of carbonyl (C=O) groups is 1. The average Bonchev–Trinajstić information content (AvgIpc) is 2.69. The molecule has 1 saturated heterocycles. The molecule has 1 N–H and O–H groups in total. The van der Waals surface area contributed by atoms with E-state index in [-0.39, 0.29) is 21.4 Å². The van der Waals surface area contributed by atoms with Gasteiger partial charge in [-0.2, -0.15) is 4.31 Å². The fraction of sp³-hybridized carbons (Fsp3) is 0.409. The summed E-state index contributed by atoms with van der Waals surface area (Å²) in [5.41, 5.74) is 2.83. The molecule has 2 aromatic carbocycles. The van der Waals surface area contributed by atoms with Crippen molar-refractivity contribution in [1.29, 1.82) is 0 Å². The molecule has 0 atom stereocenters. The van der Waals surface area contributed by atoms with E-state index < -0.39 is 15.9 Å². The van der Waals surface area contributed by atoms with Gasteiger partial charge in [0.05, 0.1) is 15.5 Å². The first kappa shape index (κ1) is 22.7. The molecule has 162 valence electrons. The quantitative estimate of drug-likeness (QED) is 0.750. The van der Waals surface area contributed by atoms with Crippen LogP contribution in [0.5, 0.6) is 0 Å². The number of para-hydroxylation sites is 1. The average molecular weight is 450 g/mol. The molecule has 6 nitrogen and oxygen atoms in total. The monoisotopic (exact) mass is 449 g/mol. The molecule has 1 amide bonds. The number of benzene rings is 2. The summed E-state index contributed by atoms with van der Waals surface area (Å²) in [5, 5.41) is 3.16. The van der Waals surface area contributed by atoms with Crippen molar-refractivity contribution >= 4 is 33.2 Å². The zero-order valence-corrected chi connectivity index (χ0v) is 19.3. The number of carbonyl (C=O) groups excluding carboxylic acids is 1. The van der Waals surface area contributed by atoms with Gasteiger partial charge in [-0.1, -0.05) is 43.6 Å². The van der Waals surface area contributed by atoms with Crippen LogP contribution in [0.2, 0.25) is 5.02 Å². The zero-order chi connectivity index (χ0) is 22.1. The van der Waals surface area contributed by atoms with Crippen LogP contribution in [-0.4, -0.2) is 56.8 Å². The van der Waals surface area contributed by atoms with E-state index in [4.69, 9.17) is 11.6 Å². The first-order chi connectivity index (χ1) is 14.1. The van der Waals surface area contributed by atoms with Gasteiger partial charge in [-0.3, -0.25) is 4.79 Å². The summed E-state index contributed by atoms with van der Waals surface area (Å²) in [6, 6.07) is 10.2. The van der Waals surface area contributed by atoms with Crippen molar-refractivity contribution < 1.29 is 13.2 Å². The third-order valence-corrected chi connectivity index (χ3v) is 7.67. The van der Waals surface area contributed by atoms with E-state index >= 15 is 0 Å². The van der Waals surface area contributed by atoms with Crippen molar-refractivity contribution in [2.24, 2.45) is 0 Å². The molecule has 1 fully saturated rings. The third kappa shape index (κ3) is 4.70. The lowest BCUT2D eigenvalue weighted by Gasteiger charge is -2.31. The Bertz CT molecular complexity index is 1050. The van der Waals surface area contributed by atoms with Crippen molar-refractivity contribution in [3.63, 3.8) is 0 Å². The van der Waals surface area contributed by atoms with Gasteiger partial charge in [-0.15, -0.1) is 0 Å². The second-order valence-electron chi connectivity index (χ2n) is 8.00. The molecule has 30 heavy (non-hydrogen) atoms. The Balaban J connectivity index is 1.92. The lowest BCUT2D eigenvalue weighted by atomic mass is 9.98. The van der Waals surface area contributed by atoms with E-state index in [1.54, 1.807) is 0 Å². The predicted octanol–water partition coefficient (Wildman–Crippen LogP) is 3.96. The molecule has 0 saturated carbocycles. The van der Waals surface area contributed by atoms with Crippen LogP contribution in [0.4, 0.5) is 5.69 Å². The molecular weight excluding hydrogens is 422 g/mol. The number of sulfonamides is 1. The van der Waals surface area contributed by atoms with Crippen molar-refractivity contribution in [3.8, 4) is 0 Å². The van der Waals surface area contributed by atoms with Gasteiger partial charge in [0.1, 0.15) is 0 Å². The Morgan fingerprint density at radius 2 is 1.77 bits per heavy atom. The maximum atomic E-state index is 13.1. The Hall–Kier alpha value is -1.93. The molecule has 0 unspecified atom stereocenters. The van der Waals surface area contributed by atoms with Gasteiger partial charge in [0, 0.05) is 31.9 Å². The smallest absolute Gasteiger partial charge is 0.257 e. The minimum Gasteiger partial charge on any atom is -0.321 e.